The second kappa shape index (κ2) is 6.40. The van der Waals surface area contributed by atoms with Crippen LogP contribution in [0, 0.1) is 11.6 Å². The van der Waals surface area contributed by atoms with Gasteiger partial charge in [0, 0.05) is 19.2 Å². The number of rotatable bonds is 6. The minimum absolute atomic E-state index is 0.563. The molecule has 6 heteroatoms. The van der Waals surface area contributed by atoms with Crippen molar-refractivity contribution in [2.24, 2.45) is 0 Å². The van der Waals surface area contributed by atoms with Crippen LogP contribution in [0.4, 0.5) is 8.78 Å². The molecule has 4 nitrogen and oxygen atoms in total. The van der Waals surface area contributed by atoms with Crippen LogP contribution < -0.4 is 5.32 Å². The molecule has 2 N–H and O–H groups in total. The van der Waals surface area contributed by atoms with Crippen LogP contribution in [0.1, 0.15) is 5.82 Å². The molecule has 1 aromatic carbocycles. The van der Waals surface area contributed by atoms with E-state index < -0.39 is 11.6 Å². The zero-order chi connectivity index (χ0) is 13.7. The number of nitrogens with one attached hydrogen (secondary N) is 2. The van der Waals surface area contributed by atoms with E-state index in [9.17, 15) is 8.78 Å². The van der Waals surface area contributed by atoms with E-state index in [4.69, 9.17) is 4.74 Å². The maximum Gasteiger partial charge on any atom is 0.159 e. The maximum absolute atomic E-state index is 13.1. The molecule has 1 aromatic heterocycles. The zero-order valence-electron chi connectivity index (χ0n) is 10.5. The second-order valence-electron chi connectivity index (χ2n) is 4.04. The predicted molar refractivity (Wildman–Crippen MR) is 67.5 cm³/mol. The van der Waals surface area contributed by atoms with Gasteiger partial charge in [0.15, 0.2) is 11.6 Å². The van der Waals surface area contributed by atoms with E-state index >= 15 is 0 Å². The fourth-order valence-corrected chi connectivity index (χ4v) is 1.64. The standard InChI is InChI=1S/C13H15F2N3O/c1-19-5-4-16-8-13-17-7-12(18-13)9-2-3-10(14)11(15)6-9/h2-3,6-7,16H,4-5,8H2,1H3,(H,17,18). The Labute approximate surface area is 109 Å². The number of imidazole rings is 1. The van der Waals surface area contributed by atoms with Crippen molar-refractivity contribution in [1.82, 2.24) is 15.3 Å². The lowest BCUT2D eigenvalue weighted by molar-refractivity contribution is 0.199. The topological polar surface area (TPSA) is 49.9 Å². The number of benzene rings is 1. The summed E-state index contributed by atoms with van der Waals surface area (Å²) in [6.07, 6.45) is 1.60. The van der Waals surface area contributed by atoms with Gasteiger partial charge in [-0.3, -0.25) is 0 Å². The Morgan fingerprint density at radius 1 is 1.32 bits per heavy atom. The molecule has 19 heavy (non-hydrogen) atoms. The third-order valence-corrected chi connectivity index (χ3v) is 2.63. The summed E-state index contributed by atoms with van der Waals surface area (Å²) in [7, 11) is 1.63. The second-order valence-corrected chi connectivity index (χ2v) is 4.04. The average Bonchev–Trinajstić information content (AvgIpc) is 2.87. The highest BCUT2D eigenvalue weighted by molar-refractivity contribution is 5.58. The third kappa shape index (κ3) is 3.59. The molecule has 2 rings (SSSR count). The molecular weight excluding hydrogens is 252 g/mol. The highest BCUT2D eigenvalue weighted by atomic mass is 19.2. The number of aromatic nitrogens is 2. The first-order valence-corrected chi connectivity index (χ1v) is 5.89. The molecule has 0 spiro atoms. The summed E-state index contributed by atoms with van der Waals surface area (Å²) in [6.45, 7) is 1.90. The first-order chi connectivity index (χ1) is 9.20. The van der Waals surface area contributed by atoms with E-state index in [0.717, 1.165) is 24.5 Å². The van der Waals surface area contributed by atoms with Gasteiger partial charge in [-0.15, -0.1) is 0 Å². The molecule has 0 radical (unpaired) electrons. The molecule has 0 fully saturated rings. The molecule has 0 saturated heterocycles. The van der Waals surface area contributed by atoms with Gasteiger partial charge in [0.1, 0.15) is 5.82 Å². The number of hydrogen-bond donors (Lipinski definition) is 2. The zero-order valence-corrected chi connectivity index (χ0v) is 10.5. The summed E-state index contributed by atoms with van der Waals surface area (Å²) in [6, 6.07) is 3.75. The van der Waals surface area contributed by atoms with Crippen molar-refractivity contribution in [3.8, 4) is 11.3 Å². The Kier molecular flexibility index (Phi) is 4.59. The van der Waals surface area contributed by atoms with Crippen LogP contribution in [0.5, 0.6) is 0 Å². The number of halogens is 2. The summed E-state index contributed by atoms with van der Waals surface area (Å²) in [4.78, 5) is 7.22. The first-order valence-electron chi connectivity index (χ1n) is 5.89. The van der Waals surface area contributed by atoms with E-state index in [1.54, 1.807) is 13.3 Å². The molecule has 1 heterocycles. The number of H-pyrrole nitrogens is 1. The van der Waals surface area contributed by atoms with Gasteiger partial charge in [-0.1, -0.05) is 0 Å². The number of aromatic amines is 1. The summed E-state index contributed by atoms with van der Waals surface area (Å²) in [5, 5.41) is 3.14. The number of ether oxygens (including phenoxy) is 1. The van der Waals surface area contributed by atoms with Crippen LogP contribution in [0.15, 0.2) is 24.4 Å². The highest BCUT2D eigenvalue weighted by Crippen LogP contribution is 2.19. The molecule has 0 aliphatic carbocycles. The summed E-state index contributed by atoms with van der Waals surface area (Å²) >= 11 is 0. The van der Waals surface area contributed by atoms with E-state index in [2.05, 4.69) is 15.3 Å². The fourth-order valence-electron chi connectivity index (χ4n) is 1.64. The van der Waals surface area contributed by atoms with Gasteiger partial charge < -0.3 is 15.0 Å². The minimum atomic E-state index is -0.869. The molecule has 0 aliphatic heterocycles. The summed E-state index contributed by atoms with van der Waals surface area (Å²) < 4.78 is 30.9. The Balaban J connectivity index is 2.01. The molecule has 0 atom stereocenters. The van der Waals surface area contributed by atoms with Crippen LogP contribution in [0.2, 0.25) is 0 Å². The average molecular weight is 267 g/mol. The Morgan fingerprint density at radius 3 is 2.89 bits per heavy atom. The number of hydrogen-bond acceptors (Lipinski definition) is 3. The van der Waals surface area contributed by atoms with Crippen LogP contribution in [-0.2, 0) is 11.3 Å². The lowest BCUT2D eigenvalue weighted by Gasteiger charge is -2.01. The lowest BCUT2D eigenvalue weighted by atomic mass is 10.1. The van der Waals surface area contributed by atoms with Gasteiger partial charge in [0.25, 0.3) is 0 Å². The van der Waals surface area contributed by atoms with Crippen LogP contribution in [0.3, 0.4) is 0 Å². The van der Waals surface area contributed by atoms with Gasteiger partial charge in [-0.2, -0.15) is 0 Å². The first kappa shape index (κ1) is 13.6. The largest absolute Gasteiger partial charge is 0.383 e. The Hall–Kier alpha value is -1.79. The smallest absolute Gasteiger partial charge is 0.159 e. The quantitative estimate of drug-likeness (QED) is 0.788. The lowest BCUT2D eigenvalue weighted by Crippen LogP contribution is -2.19. The minimum Gasteiger partial charge on any atom is -0.383 e. The molecule has 0 unspecified atom stereocenters. The van der Waals surface area contributed by atoms with E-state index in [1.165, 1.54) is 6.07 Å². The van der Waals surface area contributed by atoms with Crippen LogP contribution in [-0.4, -0.2) is 30.2 Å². The van der Waals surface area contributed by atoms with Crippen LogP contribution >= 0.6 is 0 Å². The maximum atomic E-state index is 13.1. The van der Waals surface area contributed by atoms with Gasteiger partial charge in [0.2, 0.25) is 0 Å². The Morgan fingerprint density at radius 2 is 2.16 bits per heavy atom. The van der Waals surface area contributed by atoms with E-state index in [1.807, 2.05) is 0 Å². The summed E-state index contributed by atoms with van der Waals surface area (Å²) in [5.41, 5.74) is 1.22. The van der Waals surface area contributed by atoms with Gasteiger partial charge >= 0.3 is 0 Å². The van der Waals surface area contributed by atoms with Crippen molar-refractivity contribution in [2.45, 2.75) is 6.54 Å². The van der Waals surface area contributed by atoms with Crippen molar-refractivity contribution in [2.75, 3.05) is 20.3 Å². The van der Waals surface area contributed by atoms with Crippen molar-refractivity contribution in [3.05, 3.63) is 41.9 Å². The fraction of sp³-hybridized carbons (Fsp3) is 0.308. The van der Waals surface area contributed by atoms with Gasteiger partial charge in [0.05, 0.1) is 25.0 Å². The summed E-state index contributed by atoms with van der Waals surface area (Å²) in [5.74, 6) is -0.993. The van der Waals surface area contributed by atoms with Gasteiger partial charge in [-0.25, -0.2) is 13.8 Å². The Bertz CT molecular complexity index is 542. The molecule has 0 amide bonds. The van der Waals surface area contributed by atoms with E-state index in [0.29, 0.717) is 24.4 Å². The van der Waals surface area contributed by atoms with Crippen LogP contribution in [0.25, 0.3) is 11.3 Å². The monoisotopic (exact) mass is 267 g/mol. The molecule has 0 aliphatic rings. The highest BCUT2D eigenvalue weighted by Gasteiger charge is 2.07. The number of methoxy groups -OCH3 is 1. The van der Waals surface area contributed by atoms with Gasteiger partial charge in [-0.05, 0) is 18.2 Å². The van der Waals surface area contributed by atoms with Crippen molar-refractivity contribution in [1.29, 1.82) is 0 Å². The molecule has 0 bridgehead atoms. The molecule has 0 saturated carbocycles. The molecule has 2 aromatic rings. The predicted octanol–water partition coefficient (Wildman–Crippen LogP) is 2.09. The van der Waals surface area contributed by atoms with Crippen molar-refractivity contribution in [3.63, 3.8) is 0 Å². The third-order valence-electron chi connectivity index (χ3n) is 2.63. The van der Waals surface area contributed by atoms with Crippen molar-refractivity contribution < 1.29 is 13.5 Å². The normalized spacial score (nSPS) is 10.9. The van der Waals surface area contributed by atoms with E-state index in [-0.39, 0.29) is 0 Å². The SMILES string of the molecule is COCCNCc1ncc(-c2ccc(F)c(F)c2)[nH]1. The molecular formula is C13H15F2N3O. The number of nitrogens with zero attached hydrogens (tertiary/aromatic N) is 1. The molecule has 102 valence electrons. The van der Waals surface area contributed by atoms with Crippen molar-refractivity contribution >= 4 is 0 Å².